The molecule has 0 saturated heterocycles. The fourth-order valence-corrected chi connectivity index (χ4v) is 5.38. The zero-order valence-corrected chi connectivity index (χ0v) is 19.4. The lowest BCUT2D eigenvalue weighted by Gasteiger charge is -2.18. The average Bonchev–Trinajstić information content (AvgIpc) is 3.19. The number of amides is 1. The van der Waals surface area contributed by atoms with Gasteiger partial charge in [-0.3, -0.25) is 4.79 Å². The van der Waals surface area contributed by atoms with Crippen LogP contribution in [-0.2, 0) is 27.1 Å². The summed E-state index contributed by atoms with van der Waals surface area (Å²) in [5.41, 5.74) is 3.76. The van der Waals surface area contributed by atoms with Gasteiger partial charge in [-0.15, -0.1) is 11.3 Å². The van der Waals surface area contributed by atoms with Gasteiger partial charge >= 0.3 is 11.9 Å². The van der Waals surface area contributed by atoms with Gasteiger partial charge in [-0.25, -0.2) is 9.59 Å². The molecule has 0 radical (unpaired) electrons. The molecule has 1 N–H and O–H groups in total. The summed E-state index contributed by atoms with van der Waals surface area (Å²) in [6.07, 6.45) is 2.64. The highest BCUT2D eigenvalue weighted by Gasteiger charge is 2.29. The molecule has 1 aliphatic carbocycles. The molecule has 1 aromatic heterocycles. The Bertz CT molecular complexity index is 1170. The Hall–Kier alpha value is -3.45. The van der Waals surface area contributed by atoms with Crippen LogP contribution in [0.1, 0.15) is 44.5 Å². The Balaban J connectivity index is 1.39. The van der Waals surface area contributed by atoms with Gasteiger partial charge < -0.3 is 14.8 Å². The molecule has 1 amide bonds. The quantitative estimate of drug-likeness (QED) is 0.513. The van der Waals surface area contributed by atoms with Crippen LogP contribution in [0.3, 0.4) is 0 Å². The number of rotatable bonds is 6. The summed E-state index contributed by atoms with van der Waals surface area (Å²) in [4.78, 5) is 38.3. The highest BCUT2D eigenvalue weighted by atomic mass is 32.1. The summed E-state index contributed by atoms with van der Waals surface area (Å²) in [6, 6.07) is 16.8. The Labute approximate surface area is 196 Å². The second kappa shape index (κ2) is 10.0. The van der Waals surface area contributed by atoms with E-state index >= 15 is 0 Å². The molecule has 2 aromatic carbocycles. The molecule has 170 valence electrons. The van der Waals surface area contributed by atoms with Gasteiger partial charge in [0.2, 0.25) is 0 Å². The predicted molar refractivity (Wildman–Crippen MR) is 128 cm³/mol. The first-order valence-corrected chi connectivity index (χ1v) is 11.6. The highest BCUT2D eigenvalue weighted by Crippen LogP contribution is 2.40. The van der Waals surface area contributed by atoms with E-state index in [0.29, 0.717) is 22.0 Å². The number of methoxy groups -OCH3 is 1. The van der Waals surface area contributed by atoms with Crippen LogP contribution >= 0.6 is 11.3 Å². The monoisotopic (exact) mass is 463 g/mol. The fraction of sp³-hybridized carbons (Fsp3) is 0.269. The van der Waals surface area contributed by atoms with E-state index in [4.69, 9.17) is 9.47 Å². The molecule has 7 heteroatoms. The number of hydrogen-bond donors (Lipinski definition) is 1. The molecule has 0 bridgehead atoms. The number of ether oxygens (including phenoxy) is 2. The lowest BCUT2D eigenvalue weighted by molar-refractivity contribution is -0.119. The van der Waals surface area contributed by atoms with E-state index in [-0.39, 0.29) is 0 Å². The number of nitrogens with one attached hydrogen (secondary N) is 1. The third-order valence-corrected chi connectivity index (χ3v) is 6.89. The van der Waals surface area contributed by atoms with Crippen molar-refractivity contribution >= 4 is 34.2 Å². The zero-order valence-electron chi connectivity index (χ0n) is 18.6. The second-order valence-corrected chi connectivity index (χ2v) is 9.22. The van der Waals surface area contributed by atoms with Crippen molar-refractivity contribution in [1.82, 2.24) is 0 Å². The van der Waals surface area contributed by atoms with Gasteiger partial charge in [-0.1, -0.05) is 49.4 Å². The van der Waals surface area contributed by atoms with Gasteiger partial charge in [-0.2, -0.15) is 0 Å². The van der Waals surface area contributed by atoms with Crippen molar-refractivity contribution in [3.63, 3.8) is 0 Å². The molecule has 0 saturated carbocycles. The Morgan fingerprint density at radius 2 is 1.70 bits per heavy atom. The maximum atomic E-state index is 12.5. The van der Waals surface area contributed by atoms with E-state index < -0.39 is 24.5 Å². The van der Waals surface area contributed by atoms with Crippen LogP contribution in [0, 0.1) is 5.92 Å². The third-order valence-electron chi connectivity index (χ3n) is 5.72. The van der Waals surface area contributed by atoms with E-state index in [1.54, 1.807) is 12.1 Å². The molecule has 0 aliphatic heterocycles. The maximum absolute atomic E-state index is 12.5. The van der Waals surface area contributed by atoms with E-state index in [9.17, 15) is 14.4 Å². The minimum atomic E-state index is -0.586. The third kappa shape index (κ3) is 5.14. The van der Waals surface area contributed by atoms with Gasteiger partial charge in [0.1, 0.15) is 5.00 Å². The summed E-state index contributed by atoms with van der Waals surface area (Å²) >= 11 is 1.39. The number of carbonyl (C=O) groups excluding carboxylic acids is 3. The summed E-state index contributed by atoms with van der Waals surface area (Å²) in [7, 11) is 1.33. The van der Waals surface area contributed by atoms with E-state index in [0.717, 1.165) is 40.8 Å². The van der Waals surface area contributed by atoms with Crippen molar-refractivity contribution in [1.29, 1.82) is 0 Å². The van der Waals surface area contributed by atoms with Crippen molar-refractivity contribution in [3.05, 3.63) is 76.2 Å². The molecule has 4 rings (SSSR count). The lowest BCUT2D eigenvalue weighted by Crippen LogP contribution is -2.22. The molecule has 6 nitrogen and oxygen atoms in total. The van der Waals surface area contributed by atoms with Gasteiger partial charge in [0.15, 0.2) is 6.61 Å². The molecule has 0 fully saturated rings. The average molecular weight is 464 g/mol. The number of carbonyl (C=O) groups is 3. The normalized spacial score (nSPS) is 14.8. The molecule has 1 atom stereocenters. The first-order chi connectivity index (χ1) is 16.0. The first kappa shape index (κ1) is 22.7. The zero-order chi connectivity index (χ0) is 23.4. The molecule has 1 aliphatic rings. The second-order valence-electron chi connectivity index (χ2n) is 8.12. The SMILES string of the molecule is COC(=O)c1c(NC(=O)COC(=O)c2ccc(-c3ccccc3)cc2)sc2c1CCC(C)C2. The number of anilines is 1. The van der Waals surface area contributed by atoms with E-state index in [2.05, 4.69) is 12.2 Å². The fourth-order valence-electron chi connectivity index (χ4n) is 3.96. The number of benzene rings is 2. The van der Waals surface area contributed by atoms with E-state index in [1.165, 1.54) is 18.4 Å². The number of thiophene rings is 1. The topological polar surface area (TPSA) is 81.7 Å². The van der Waals surface area contributed by atoms with Crippen LogP contribution in [0.5, 0.6) is 0 Å². The summed E-state index contributed by atoms with van der Waals surface area (Å²) < 4.78 is 10.1. The molecule has 0 spiro atoms. The highest BCUT2D eigenvalue weighted by molar-refractivity contribution is 7.17. The Morgan fingerprint density at radius 3 is 2.39 bits per heavy atom. The van der Waals surface area contributed by atoms with Crippen LogP contribution in [0.4, 0.5) is 5.00 Å². The van der Waals surface area contributed by atoms with Crippen molar-refractivity contribution in [2.45, 2.75) is 26.2 Å². The van der Waals surface area contributed by atoms with E-state index in [1.807, 2.05) is 42.5 Å². The van der Waals surface area contributed by atoms with Crippen LogP contribution in [-0.4, -0.2) is 31.6 Å². The summed E-state index contributed by atoms with van der Waals surface area (Å²) in [5, 5.41) is 3.19. The summed E-state index contributed by atoms with van der Waals surface area (Å²) in [5.74, 6) is -1.02. The van der Waals surface area contributed by atoms with Crippen LogP contribution < -0.4 is 5.32 Å². The smallest absolute Gasteiger partial charge is 0.341 e. The largest absolute Gasteiger partial charge is 0.465 e. The summed E-state index contributed by atoms with van der Waals surface area (Å²) in [6.45, 7) is 1.73. The van der Waals surface area contributed by atoms with Crippen molar-refractivity contribution in [2.75, 3.05) is 19.0 Å². The van der Waals surface area contributed by atoms with Gasteiger partial charge in [0.25, 0.3) is 5.91 Å². The van der Waals surface area contributed by atoms with Crippen LogP contribution in [0.15, 0.2) is 54.6 Å². The lowest BCUT2D eigenvalue weighted by atomic mass is 9.88. The molecule has 33 heavy (non-hydrogen) atoms. The van der Waals surface area contributed by atoms with Gasteiger partial charge in [0, 0.05) is 4.88 Å². The number of esters is 2. The van der Waals surface area contributed by atoms with Crippen molar-refractivity contribution < 1.29 is 23.9 Å². The van der Waals surface area contributed by atoms with Crippen LogP contribution in [0.2, 0.25) is 0 Å². The van der Waals surface area contributed by atoms with Crippen LogP contribution in [0.25, 0.3) is 11.1 Å². The molecule has 1 heterocycles. The number of fused-ring (bicyclic) bond motifs is 1. The first-order valence-electron chi connectivity index (χ1n) is 10.8. The predicted octanol–water partition coefficient (Wildman–Crippen LogP) is 5.12. The van der Waals surface area contributed by atoms with Crippen molar-refractivity contribution in [3.8, 4) is 11.1 Å². The minimum absolute atomic E-state index is 0.360. The Kier molecular flexibility index (Phi) is 6.89. The molecular formula is C26H25NO5S. The number of hydrogen-bond acceptors (Lipinski definition) is 6. The standard InChI is InChI=1S/C26H25NO5S/c1-16-8-13-20-21(14-16)33-24(23(20)26(30)31-2)27-22(28)15-32-25(29)19-11-9-18(10-12-19)17-6-4-3-5-7-17/h3-7,9-12,16H,8,13-15H2,1-2H3,(H,27,28). The Morgan fingerprint density at radius 1 is 1.00 bits per heavy atom. The molecule has 1 unspecified atom stereocenters. The van der Waals surface area contributed by atoms with Crippen molar-refractivity contribution in [2.24, 2.45) is 5.92 Å². The van der Waals surface area contributed by atoms with Gasteiger partial charge in [-0.05, 0) is 54.0 Å². The molecule has 3 aromatic rings. The maximum Gasteiger partial charge on any atom is 0.341 e. The van der Waals surface area contributed by atoms with Gasteiger partial charge in [0.05, 0.1) is 18.2 Å². The minimum Gasteiger partial charge on any atom is -0.465 e. The molecular weight excluding hydrogens is 438 g/mol.